The maximum absolute atomic E-state index is 11.3. The van der Waals surface area contributed by atoms with Crippen molar-refractivity contribution in [2.45, 2.75) is 45.9 Å². The minimum atomic E-state index is -0.991. The molecule has 1 amide bonds. The highest BCUT2D eigenvalue weighted by Crippen LogP contribution is 1.99. The SMILES string of the molecule is CC(=O)N[C@H](C(=O)OC(C)C)[C@@H](C)O. The molecule has 14 heavy (non-hydrogen) atoms. The lowest BCUT2D eigenvalue weighted by molar-refractivity contribution is -0.154. The number of hydrogen-bond donors (Lipinski definition) is 2. The lowest BCUT2D eigenvalue weighted by Crippen LogP contribution is -2.48. The summed E-state index contributed by atoms with van der Waals surface area (Å²) in [5.41, 5.74) is 0. The molecule has 0 radical (unpaired) electrons. The third kappa shape index (κ3) is 4.81. The van der Waals surface area contributed by atoms with Crippen LogP contribution in [0.2, 0.25) is 0 Å². The molecule has 0 fully saturated rings. The summed E-state index contributed by atoms with van der Waals surface area (Å²) in [6.07, 6.45) is -1.23. The highest BCUT2D eigenvalue weighted by atomic mass is 16.5. The fourth-order valence-electron chi connectivity index (χ4n) is 0.901. The van der Waals surface area contributed by atoms with Crippen LogP contribution in [0.1, 0.15) is 27.7 Å². The van der Waals surface area contributed by atoms with Gasteiger partial charge in [0.1, 0.15) is 0 Å². The number of carbonyl (C=O) groups is 2. The molecule has 0 spiro atoms. The van der Waals surface area contributed by atoms with Gasteiger partial charge in [-0.3, -0.25) is 4.79 Å². The summed E-state index contributed by atoms with van der Waals surface area (Å²) in [6.45, 7) is 6.09. The summed E-state index contributed by atoms with van der Waals surface area (Å²) >= 11 is 0. The number of carbonyl (C=O) groups excluding carboxylic acids is 2. The van der Waals surface area contributed by atoms with Crippen molar-refractivity contribution in [2.75, 3.05) is 0 Å². The van der Waals surface area contributed by atoms with Crippen LogP contribution in [-0.4, -0.2) is 35.2 Å². The summed E-state index contributed by atoms with van der Waals surface area (Å²) < 4.78 is 4.86. The van der Waals surface area contributed by atoms with Crippen molar-refractivity contribution in [2.24, 2.45) is 0 Å². The molecule has 0 aliphatic heterocycles. The predicted molar refractivity (Wildman–Crippen MR) is 50.5 cm³/mol. The number of aliphatic hydroxyl groups excluding tert-OH is 1. The van der Waals surface area contributed by atoms with E-state index in [1.54, 1.807) is 13.8 Å². The van der Waals surface area contributed by atoms with E-state index in [-0.39, 0.29) is 12.0 Å². The number of esters is 1. The molecule has 0 aromatic carbocycles. The topological polar surface area (TPSA) is 75.6 Å². The molecule has 0 aromatic rings. The molecule has 0 unspecified atom stereocenters. The van der Waals surface area contributed by atoms with E-state index < -0.39 is 18.1 Å². The molecule has 0 saturated heterocycles. The summed E-state index contributed by atoms with van der Waals surface area (Å²) in [5.74, 6) is -0.998. The first-order valence-corrected chi connectivity index (χ1v) is 4.50. The smallest absolute Gasteiger partial charge is 0.331 e. The molecule has 0 rings (SSSR count). The Morgan fingerprint density at radius 1 is 1.29 bits per heavy atom. The molecule has 82 valence electrons. The number of rotatable bonds is 4. The molecule has 0 aliphatic carbocycles. The number of hydrogen-bond acceptors (Lipinski definition) is 4. The molecule has 5 heteroatoms. The van der Waals surface area contributed by atoms with E-state index in [2.05, 4.69) is 5.32 Å². The largest absolute Gasteiger partial charge is 0.461 e. The van der Waals surface area contributed by atoms with Gasteiger partial charge in [-0.15, -0.1) is 0 Å². The maximum Gasteiger partial charge on any atom is 0.331 e. The fraction of sp³-hybridized carbons (Fsp3) is 0.778. The molecule has 2 atom stereocenters. The normalized spacial score (nSPS) is 14.7. The molecule has 0 aliphatic rings. The van der Waals surface area contributed by atoms with E-state index in [4.69, 9.17) is 4.74 Å². The second-order valence-electron chi connectivity index (χ2n) is 3.40. The average molecular weight is 203 g/mol. The number of aliphatic hydroxyl groups is 1. The van der Waals surface area contributed by atoms with Gasteiger partial charge in [0.25, 0.3) is 0 Å². The fourth-order valence-corrected chi connectivity index (χ4v) is 0.901. The van der Waals surface area contributed by atoms with Gasteiger partial charge < -0.3 is 15.2 Å². The lowest BCUT2D eigenvalue weighted by Gasteiger charge is -2.20. The molecule has 0 aromatic heterocycles. The number of nitrogens with one attached hydrogen (secondary N) is 1. The van der Waals surface area contributed by atoms with Crippen molar-refractivity contribution in [1.29, 1.82) is 0 Å². The van der Waals surface area contributed by atoms with Crippen LogP contribution >= 0.6 is 0 Å². The first-order valence-electron chi connectivity index (χ1n) is 4.50. The molecule has 2 N–H and O–H groups in total. The van der Waals surface area contributed by atoms with Crippen LogP contribution in [0.15, 0.2) is 0 Å². The van der Waals surface area contributed by atoms with Crippen LogP contribution in [0.4, 0.5) is 0 Å². The van der Waals surface area contributed by atoms with Gasteiger partial charge in [-0.2, -0.15) is 0 Å². The van der Waals surface area contributed by atoms with E-state index in [1.165, 1.54) is 13.8 Å². The highest BCUT2D eigenvalue weighted by Gasteiger charge is 2.26. The van der Waals surface area contributed by atoms with Crippen molar-refractivity contribution in [3.05, 3.63) is 0 Å². The summed E-state index contributed by atoms with van der Waals surface area (Å²) in [7, 11) is 0. The third-order valence-electron chi connectivity index (χ3n) is 1.45. The van der Waals surface area contributed by atoms with E-state index in [0.29, 0.717) is 0 Å². The maximum atomic E-state index is 11.3. The van der Waals surface area contributed by atoms with Crippen LogP contribution in [0.3, 0.4) is 0 Å². The summed E-state index contributed by atoms with van der Waals surface area (Å²) in [4.78, 5) is 22.1. The number of ether oxygens (including phenoxy) is 1. The Balaban J connectivity index is 4.33. The van der Waals surface area contributed by atoms with Gasteiger partial charge in [0.15, 0.2) is 6.04 Å². The summed E-state index contributed by atoms with van der Waals surface area (Å²) in [6, 6.07) is -0.991. The first kappa shape index (κ1) is 12.9. The Bertz CT molecular complexity index is 213. The van der Waals surface area contributed by atoms with Crippen molar-refractivity contribution in [1.82, 2.24) is 5.32 Å². The van der Waals surface area contributed by atoms with Crippen molar-refractivity contribution >= 4 is 11.9 Å². The molecule has 0 heterocycles. The zero-order chi connectivity index (χ0) is 11.3. The zero-order valence-electron chi connectivity index (χ0n) is 8.90. The Hall–Kier alpha value is -1.10. The molecular weight excluding hydrogens is 186 g/mol. The minimum absolute atomic E-state index is 0.266. The van der Waals surface area contributed by atoms with Gasteiger partial charge in [0.2, 0.25) is 5.91 Å². The van der Waals surface area contributed by atoms with Gasteiger partial charge >= 0.3 is 5.97 Å². The van der Waals surface area contributed by atoms with Crippen LogP contribution in [0.25, 0.3) is 0 Å². The molecular formula is C9H17NO4. The monoisotopic (exact) mass is 203 g/mol. The summed E-state index contributed by atoms with van der Waals surface area (Å²) in [5, 5.41) is 11.5. The Labute approximate surface area is 83.4 Å². The first-order chi connectivity index (χ1) is 6.34. The average Bonchev–Trinajstić information content (AvgIpc) is 1.97. The van der Waals surface area contributed by atoms with Crippen LogP contribution in [-0.2, 0) is 14.3 Å². The molecule has 5 nitrogen and oxygen atoms in total. The van der Waals surface area contributed by atoms with Crippen LogP contribution in [0, 0.1) is 0 Å². The van der Waals surface area contributed by atoms with E-state index in [0.717, 1.165) is 0 Å². The standard InChI is InChI=1S/C9H17NO4/c1-5(2)14-9(13)8(6(3)11)10-7(4)12/h5-6,8,11H,1-4H3,(H,10,12)/t6-,8+/m1/s1. The van der Waals surface area contributed by atoms with Gasteiger partial charge in [-0.25, -0.2) is 4.79 Å². The Morgan fingerprint density at radius 3 is 2.07 bits per heavy atom. The second kappa shape index (κ2) is 5.59. The van der Waals surface area contributed by atoms with E-state index in [9.17, 15) is 14.7 Å². The van der Waals surface area contributed by atoms with Gasteiger partial charge in [0.05, 0.1) is 12.2 Å². The minimum Gasteiger partial charge on any atom is -0.461 e. The van der Waals surface area contributed by atoms with Crippen LogP contribution < -0.4 is 5.32 Å². The lowest BCUT2D eigenvalue weighted by atomic mass is 10.2. The van der Waals surface area contributed by atoms with E-state index in [1.807, 2.05) is 0 Å². The van der Waals surface area contributed by atoms with Gasteiger partial charge in [-0.1, -0.05) is 0 Å². The van der Waals surface area contributed by atoms with Gasteiger partial charge in [-0.05, 0) is 20.8 Å². The van der Waals surface area contributed by atoms with Crippen molar-refractivity contribution in [3.8, 4) is 0 Å². The highest BCUT2D eigenvalue weighted by molar-refractivity contribution is 5.83. The predicted octanol–water partition coefficient (Wildman–Crippen LogP) is -0.177. The quantitative estimate of drug-likeness (QED) is 0.622. The number of amides is 1. The third-order valence-corrected chi connectivity index (χ3v) is 1.45. The Kier molecular flexibility index (Phi) is 5.15. The van der Waals surface area contributed by atoms with Gasteiger partial charge in [0, 0.05) is 6.92 Å². The van der Waals surface area contributed by atoms with E-state index >= 15 is 0 Å². The van der Waals surface area contributed by atoms with Crippen molar-refractivity contribution in [3.63, 3.8) is 0 Å². The Morgan fingerprint density at radius 2 is 1.79 bits per heavy atom. The van der Waals surface area contributed by atoms with Crippen molar-refractivity contribution < 1.29 is 19.4 Å². The van der Waals surface area contributed by atoms with Crippen LogP contribution in [0.5, 0.6) is 0 Å². The molecule has 0 bridgehead atoms. The zero-order valence-corrected chi connectivity index (χ0v) is 8.90. The second-order valence-corrected chi connectivity index (χ2v) is 3.40. The molecule has 0 saturated carbocycles.